The molecule has 0 spiro atoms. The monoisotopic (exact) mass is 461 g/mol. The summed E-state index contributed by atoms with van der Waals surface area (Å²) in [7, 11) is 0. The average molecular weight is 462 g/mol. The largest absolute Gasteiger partial charge is 0.480 e. The van der Waals surface area contributed by atoms with Gasteiger partial charge in [-0.3, -0.25) is 14.4 Å². The molecule has 11 heteroatoms. The zero-order valence-electron chi connectivity index (χ0n) is 18.6. The number of amides is 3. The van der Waals surface area contributed by atoms with Crippen molar-refractivity contribution in [1.82, 2.24) is 20.9 Å². The first-order valence-corrected chi connectivity index (χ1v) is 10.6. The first-order chi connectivity index (χ1) is 15.6. The summed E-state index contributed by atoms with van der Waals surface area (Å²) in [4.78, 5) is 51.1. The van der Waals surface area contributed by atoms with Gasteiger partial charge in [0.25, 0.3) is 0 Å². The van der Waals surface area contributed by atoms with Crippen LogP contribution in [0.3, 0.4) is 0 Å². The molecule has 1 aromatic heterocycles. The van der Waals surface area contributed by atoms with Crippen molar-refractivity contribution in [1.29, 1.82) is 0 Å². The topological polar surface area (TPSA) is 187 Å². The third-order valence-electron chi connectivity index (χ3n) is 5.03. The quantitative estimate of drug-likeness (QED) is 0.216. The number of para-hydroxylation sites is 1. The molecule has 0 saturated carbocycles. The van der Waals surface area contributed by atoms with Crippen LogP contribution in [0, 0.1) is 5.92 Å². The second-order valence-electron chi connectivity index (χ2n) is 8.22. The van der Waals surface area contributed by atoms with Gasteiger partial charge in [0, 0.05) is 17.1 Å². The molecule has 2 aromatic rings. The maximum absolute atomic E-state index is 12.5. The van der Waals surface area contributed by atoms with Gasteiger partial charge < -0.3 is 36.9 Å². The fourth-order valence-corrected chi connectivity index (χ4v) is 3.33. The van der Waals surface area contributed by atoms with Crippen LogP contribution < -0.4 is 21.7 Å². The molecule has 180 valence electrons. The first-order valence-electron chi connectivity index (χ1n) is 10.6. The highest BCUT2D eigenvalue weighted by molar-refractivity contribution is 5.93. The Morgan fingerprint density at radius 1 is 1.06 bits per heavy atom. The molecule has 3 unspecified atom stereocenters. The van der Waals surface area contributed by atoms with E-state index in [1.54, 1.807) is 6.20 Å². The number of nitrogens with one attached hydrogen (secondary N) is 4. The zero-order chi connectivity index (χ0) is 24.5. The Morgan fingerprint density at radius 2 is 1.76 bits per heavy atom. The lowest BCUT2D eigenvalue weighted by Gasteiger charge is -2.20. The van der Waals surface area contributed by atoms with E-state index in [1.165, 1.54) is 0 Å². The van der Waals surface area contributed by atoms with E-state index in [4.69, 9.17) is 5.73 Å². The van der Waals surface area contributed by atoms with Crippen LogP contribution >= 0.6 is 0 Å². The number of carboxylic acids is 1. The number of rotatable bonds is 12. The Morgan fingerprint density at radius 3 is 2.39 bits per heavy atom. The first kappa shape index (κ1) is 25.8. The normalized spacial score (nSPS) is 13.8. The predicted molar refractivity (Wildman–Crippen MR) is 121 cm³/mol. The minimum Gasteiger partial charge on any atom is -0.480 e. The number of hydrogen-bond donors (Lipinski definition) is 7. The number of aromatic amines is 1. The second kappa shape index (κ2) is 12.0. The average Bonchev–Trinajstić information content (AvgIpc) is 3.17. The standard InChI is InChI=1S/C22H31N5O6/c1-12(2)7-17(22(32)33)26-19(29)10-25-21(31)18(11-28)27-20(30)15(23)8-13-9-24-16-6-4-3-5-14(13)16/h3-6,9,12,15,17-18,24,28H,7-8,10-11,23H2,1-2H3,(H,25,31)(H,26,29)(H,27,30)(H,32,33). The lowest BCUT2D eigenvalue weighted by Crippen LogP contribution is -2.55. The summed E-state index contributed by atoms with van der Waals surface area (Å²) in [5.74, 6) is -3.26. The number of carbonyl (C=O) groups excluding carboxylic acids is 3. The van der Waals surface area contributed by atoms with Gasteiger partial charge in [-0.2, -0.15) is 0 Å². The fourth-order valence-electron chi connectivity index (χ4n) is 3.33. The summed E-state index contributed by atoms with van der Waals surface area (Å²) >= 11 is 0. The molecule has 0 aliphatic carbocycles. The Labute approximate surface area is 191 Å². The van der Waals surface area contributed by atoms with Gasteiger partial charge in [-0.25, -0.2) is 4.79 Å². The third kappa shape index (κ3) is 7.58. The van der Waals surface area contributed by atoms with Crippen LogP contribution in [-0.4, -0.2) is 70.2 Å². The maximum atomic E-state index is 12.5. The fraction of sp³-hybridized carbons (Fsp3) is 0.455. The number of aliphatic hydroxyl groups excluding tert-OH is 1. The van der Waals surface area contributed by atoms with Crippen LogP contribution in [0.5, 0.6) is 0 Å². The third-order valence-corrected chi connectivity index (χ3v) is 5.03. The van der Waals surface area contributed by atoms with Crippen LogP contribution in [0.1, 0.15) is 25.8 Å². The van der Waals surface area contributed by atoms with E-state index in [0.717, 1.165) is 16.5 Å². The summed E-state index contributed by atoms with van der Waals surface area (Å²) in [6, 6.07) is 4.18. The highest BCUT2D eigenvalue weighted by Crippen LogP contribution is 2.18. The summed E-state index contributed by atoms with van der Waals surface area (Å²) in [6.45, 7) is 2.43. The number of carboxylic acid groups (broad SMARTS) is 1. The molecule has 0 aliphatic rings. The van der Waals surface area contributed by atoms with Gasteiger partial charge in [-0.1, -0.05) is 32.0 Å². The van der Waals surface area contributed by atoms with Crippen LogP contribution in [0.2, 0.25) is 0 Å². The SMILES string of the molecule is CC(C)CC(NC(=O)CNC(=O)C(CO)NC(=O)C(N)Cc1c[nH]c2ccccc12)C(=O)O. The van der Waals surface area contributed by atoms with Gasteiger partial charge in [0.15, 0.2) is 0 Å². The van der Waals surface area contributed by atoms with Crippen molar-refractivity contribution >= 4 is 34.6 Å². The van der Waals surface area contributed by atoms with Gasteiger partial charge >= 0.3 is 5.97 Å². The van der Waals surface area contributed by atoms with Gasteiger partial charge in [0.2, 0.25) is 17.7 Å². The number of carbonyl (C=O) groups is 4. The van der Waals surface area contributed by atoms with Crippen molar-refractivity contribution in [2.24, 2.45) is 11.7 Å². The molecule has 0 radical (unpaired) electrons. The van der Waals surface area contributed by atoms with Crippen molar-refractivity contribution in [3.05, 3.63) is 36.0 Å². The number of aromatic nitrogens is 1. The zero-order valence-corrected chi connectivity index (χ0v) is 18.6. The van der Waals surface area contributed by atoms with Gasteiger partial charge in [0.1, 0.15) is 12.1 Å². The lowest BCUT2D eigenvalue weighted by molar-refractivity contribution is -0.142. The second-order valence-corrected chi connectivity index (χ2v) is 8.22. The molecule has 8 N–H and O–H groups in total. The molecular weight excluding hydrogens is 430 g/mol. The number of H-pyrrole nitrogens is 1. The van der Waals surface area contributed by atoms with Crippen molar-refractivity contribution in [3.63, 3.8) is 0 Å². The molecule has 33 heavy (non-hydrogen) atoms. The number of hydrogen-bond acceptors (Lipinski definition) is 6. The number of aliphatic hydroxyl groups is 1. The minimum atomic E-state index is -1.31. The van der Waals surface area contributed by atoms with E-state index in [2.05, 4.69) is 20.9 Å². The lowest BCUT2D eigenvalue weighted by atomic mass is 10.0. The highest BCUT2D eigenvalue weighted by atomic mass is 16.4. The summed E-state index contributed by atoms with van der Waals surface area (Å²) in [5.41, 5.74) is 7.73. The highest BCUT2D eigenvalue weighted by Gasteiger charge is 2.25. The number of aliphatic carboxylic acids is 1. The van der Waals surface area contributed by atoms with Crippen molar-refractivity contribution in [2.45, 2.75) is 44.8 Å². The smallest absolute Gasteiger partial charge is 0.326 e. The summed E-state index contributed by atoms with van der Waals surface area (Å²) in [6.07, 6.45) is 2.21. The molecule has 3 atom stereocenters. The molecule has 0 fully saturated rings. The molecular formula is C22H31N5O6. The minimum absolute atomic E-state index is 0.0449. The summed E-state index contributed by atoms with van der Waals surface area (Å²) in [5, 5.41) is 26.6. The number of benzene rings is 1. The Hall–Kier alpha value is -3.44. The number of nitrogens with two attached hydrogens (primary N) is 1. The molecule has 1 heterocycles. The maximum Gasteiger partial charge on any atom is 0.326 e. The van der Waals surface area contributed by atoms with E-state index < -0.39 is 55.0 Å². The van der Waals surface area contributed by atoms with Crippen LogP contribution in [0.4, 0.5) is 0 Å². The van der Waals surface area contributed by atoms with Gasteiger partial charge in [-0.15, -0.1) is 0 Å². The molecule has 3 amide bonds. The van der Waals surface area contributed by atoms with Crippen molar-refractivity contribution < 1.29 is 29.4 Å². The van der Waals surface area contributed by atoms with E-state index in [9.17, 15) is 29.4 Å². The van der Waals surface area contributed by atoms with Crippen LogP contribution in [0.15, 0.2) is 30.5 Å². The summed E-state index contributed by atoms with van der Waals surface area (Å²) < 4.78 is 0. The van der Waals surface area contributed by atoms with E-state index >= 15 is 0 Å². The van der Waals surface area contributed by atoms with E-state index in [-0.39, 0.29) is 18.8 Å². The van der Waals surface area contributed by atoms with Crippen molar-refractivity contribution in [2.75, 3.05) is 13.2 Å². The molecule has 11 nitrogen and oxygen atoms in total. The predicted octanol–water partition coefficient (Wildman–Crippen LogP) is -0.753. The Kier molecular flexibility index (Phi) is 9.37. The number of fused-ring (bicyclic) bond motifs is 1. The van der Waals surface area contributed by atoms with Crippen LogP contribution in [-0.2, 0) is 25.6 Å². The molecule has 0 aliphatic heterocycles. The van der Waals surface area contributed by atoms with E-state index in [0.29, 0.717) is 0 Å². The van der Waals surface area contributed by atoms with Crippen LogP contribution in [0.25, 0.3) is 10.9 Å². The molecule has 1 aromatic carbocycles. The van der Waals surface area contributed by atoms with Gasteiger partial charge in [-0.05, 0) is 30.4 Å². The Bertz CT molecular complexity index is 989. The Balaban J connectivity index is 1.87. The molecule has 0 bridgehead atoms. The van der Waals surface area contributed by atoms with Gasteiger partial charge in [0.05, 0.1) is 19.2 Å². The van der Waals surface area contributed by atoms with Crippen molar-refractivity contribution in [3.8, 4) is 0 Å². The molecule has 2 rings (SSSR count). The van der Waals surface area contributed by atoms with E-state index in [1.807, 2.05) is 38.1 Å². The molecule has 0 saturated heterocycles.